The van der Waals surface area contributed by atoms with E-state index in [-0.39, 0.29) is 16.7 Å². The first-order valence-electron chi connectivity index (χ1n) is 5.45. The molecule has 1 heterocycles. The van der Waals surface area contributed by atoms with Gasteiger partial charge in [0.05, 0.1) is 4.92 Å². The van der Waals surface area contributed by atoms with Gasteiger partial charge in [0.15, 0.2) is 0 Å². The molecule has 6 nitrogen and oxygen atoms in total. The number of nitrogens with zero attached hydrogens (tertiary/aromatic N) is 3. The second-order valence-electron chi connectivity index (χ2n) is 4.06. The predicted molar refractivity (Wildman–Crippen MR) is 62.7 cm³/mol. The molecule has 1 aromatic heterocycles. The summed E-state index contributed by atoms with van der Waals surface area (Å²) in [5, 5.41) is 18.2. The SMILES string of the molecule is CCCn1nc(C)c([N+](=O)[O-])c1NC(C)C. The predicted octanol–water partition coefficient (Wildman–Crippen LogP) is 2.33. The zero-order chi connectivity index (χ0) is 12.3. The molecule has 0 aromatic carbocycles. The Bertz CT molecular complexity index is 384. The molecule has 0 amide bonds. The van der Waals surface area contributed by atoms with Crippen molar-refractivity contribution in [3.8, 4) is 0 Å². The highest BCUT2D eigenvalue weighted by molar-refractivity contribution is 5.59. The van der Waals surface area contributed by atoms with Crippen molar-refractivity contribution in [2.24, 2.45) is 0 Å². The molecule has 0 bridgehead atoms. The molecule has 0 aliphatic heterocycles. The Morgan fingerprint density at radius 3 is 2.62 bits per heavy atom. The van der Waals surface area contributed by atoms with Crippen LogP contribution in [0.25, 0.3) is 0 Å². The summed E-state index contributed by atoms with van der Waals surface area (Å²) < 4.78 is 1.67. The fraction of sp³-hybridized carbons (Fsp3) is 0.700. The first kappa shape index (κ1) is 12.5. The van der Waals surface area contributed by atoms with E-state index >= 15 is 0 Å². The Morgan fingerprint density at radius 1 is 1.56 bits per heavy atom. The third kappa shape index (κ3) is 2.50. The lowest BCUT2D eigenvalue weighted by molar-refractivity contribution is -0.384. The van der Waals surface area contributed by atoms with Crippen LogP contribution in [0, 0.1) is 17.0 Å². The number of aryl methyl sites for hydroxylation is 2. The molecule has 0 fully saturated rings. The van der Waals surface area contributed by atoms with Crippen LogP contribution in [0.2, 0.25) is 0 Å². The highest BCUT2D eigenvalue weighted by Gasteiger charge is 2.25. The molecule has 6 heteroatoms. The number of aromatic nitrogens is 2. The minimum absolute atomic E-state index is 0.0853. The molecule has 1 aromatic rings. The van der Waals surface area contributed by atoms with E-state index in [1.54, 1.807) is 11.6 Å². The average Bonchev–Trinajstić information content (AvgIpc) is 2.42. The first-order valence-corrected chi connectivity index (χ1v) is 5.45. The third-order valence-electron chi connectivity index (χ3n) is 2.14. The largest absolute Gasteiger partial charge is 0.362 e. The molecule has 90 valence electrons. The van der Waals surface area contributed by atoms with Gasteiger partial charge >= 0.3 is 5.69 Å². The molecule has 0 saturated carbocycles. The number of anilines is 1. The number of hydrogen-bond acceptors (Lipinski definition) is 4. The van der Waals surface area contributed by atoms with E-state index in [1.807, 2.05) is 20.8 Å². The zero-order valence-corrected chi connectivity index (χ0v) is 10.1. The van der Waals surface area contributed by atoms with Crippen molar-refractivity contribution in [2.75, 3.05) is 5.32 Å². The van der Waals surface area contributed by atoms with E-state index in [0.29, 0.717) is 18.1 Å². The number of nitrogens with one attached hydrogen (secondary N) is 1. The van der Waals surface area contributed by atoms with Gasteiger partial charge in [-0.15, -0.1) is 0 Å². The molecule has 0 aliphatic carbocycles. The monoisotopic (exact) mass is 226 g/mol. The van der Waals surface area contributed by atoms with Crippen LogP contribution in [0.1, 0.15) is 32.9 Å². The molecule has 0 aliphatic rings. The summed E-state index contributed by atoms with van der Waals surface area (Å²) in [7, 11) is 0. The Balaban J connectivity index is 3.19. The topological polar surface area (TPSA) is 73.0 Å². The average molecular weight is 226 g/mol. The Hall–Kier alpha value is -1.59. The normalized spacial score (nSPS) is 10.8. The van der Waals surface area contributed by atoms with Gasteiger partial charge in [-0.25, -0.2) is 4.68 Å². The van der Waals surface area contributed by atoms with E-state index in [0.717, 1.165) is 6.42 Å². The van der Waals surface area contributed by atoms with Crippen LogP contribution in [0.15, 0.2) is 0 Å². The quantitative estimate of drug-likeness (QED) is 0.617. The Morgan fingerprint density at radius 2 is 2.19 bits per heavy atom. The number of nitro groups is 1. The molecule has 0 saturated heterocycles. The smallest absolute Gasteiger partial charge is 0.333 e. The fourth-order valence-electron chi connectivity index (χ4n) is 1.58. The molecule has 0 unspecified atom stereocenters. The van der Waals surface area contributed by atoms with E-state index in [2.05, 4.69) is 10.4 Å². The van der Waals surface area contributed by atoms with Gasteiger partial charge in [-0.2, -0.15) is 5.10 Å². The molecular formula is C10H18N4O2. The van der Waals surface area contributed by atoms with Crippen molar-refractivity contribution < 1.29 is 4.92 Å². The maximum absolute atomic E-state index is 11.0. The van der Waals surface area contributed by atoms with Crippen molar-refractivity contribution in [1.82, 2.24) is 9.78 Å². The Kier molecular flexibility index (Phi) is 3.87. The summed E-state index contributed by atoms with van der Waals surface area (Å²) in [6.45, 7) is 8.26. The molecule has 0 radical (unpaired) electrons. The van der Waals surface area contributed by atoms with Crippen LogP contribution in [0.3, 0.4) is 0 Å². The second kappa shape index (κ2) is 4.96. The van der Waals surface area contributed by atoms with Crippen molar-refractivity contribution in [2.45, 2.75) is 46.7 Å². The summed E-state index contributed by atoms with van der Waals surface area (Å²) in [6, 6.07) is 0.144. The van der Waals surface area contributed by atoms with Gasteiger partial charge in [0.25, 0.3) is 0 Å². The van der Waals surface area contributed by atoms with Gasteiger partial charge in [-0.1, -0.05) is 6.92 Å². The highest BCUT2D eigenvalue weighted by Crippen LogP contribution is 2.28. The standard InChI is InChI=1S/C10H18N4O2/c1-5-6-13-10(11-7(2)3)9(14(15)16)8(4)12-13/h7,11H,5-6H2,1-4H3. The van der Waals surface area contributed by atoms with Gasteiger partial charge in [-0.3, -0.25) is 10.1 Å². The van der Waals surface area contributed by atoms with Gasteiger partial charge in [0.1, 0.15) is 5.69 Å². The summed E-state index contributed by atoms with van der Waals surface area (Å²) in [4.78, 5) is 10.6. The minimum atomic E-state index is -0.376. The van der Waals surface area contributed by atoms with Crippen LogP contribution < -0.4 is 5.32 Å². The van der Waals surface area contributed by atoms with Crippen LogP contribution >= 0.6 is 0 Å². The van der Waals surface area contributed by atoms with E-state index < -0.39 is 0 Å². The summed E-state index contributed by atoms with van der Waals surface area (Å²) >= 11 is 0. The van der Waals surface area contributed by atoms with E-state index in [9.17, 15) is 10.1 Å². The molecule has 1 rings (SSSR count). The van der Waals surface area contributed by atoms with Gasteiger partial charge in [0, 0.05) is 12.6 Å². The summed E-state index contributed by atoms with van der Waals surface area (Å²) in [5.74, 6) is 0.513. The fourth-order valence-corrected chi connectivity index (χ4v) is 1.58. The van der Waals surface area contributed by atoms with Gasteiger partial charge in [0.2, 0.25) is 5.82 Å². The Labute approximate surface area is 94.8 Å². The molecule has 1 N–H and O–H groups in total. The second-order valence-corrected chi connectivity index (χ2v) is 4.06. The highest BCUT2D eigenvalue weighted by atomic mass is 16.6. The van der Waals surface area contributed by atoms with Crippen LogP contribution in [-0.2, 0) is 6.54 Å². The van der Waals surface area contributed by atoms with Crippen molar-refractivity contribution in [1.29, 1.82) is 0 Å². The lowest BCUT2D eigenvalue weighted by Gasteiger charge is -2.10. The maximum Gasteiger partial charge on any atom is 0.333 e. The molecule has 0 atom stereocenters. The lowest BCUT2D eigenvalue weighted by Crippen LogP contribution is -2.15. The summed E-state index contributed by atoms with van der Waals surface area (Å²) in [5.41, 5.74) is 0.545. The zero-order valence-electron chi connectivity index (χ0n) is 10.1. The van der Waals surface area contributed by atoms with E-state index in [4.69, 9.17) is 0 Å². The van der Waals surface area contributed by atoms with Crippen LogP contribution in [0.4, 0.5) is 11.5 Å². The van der Waals surface area contributed by atoms with Crippen molar-refractivity contribution in [3.05, 3.63) is 15.8 Å². The first-order chi connectivity index (χ1) is 7.47. The molecule has 16 heavy (non-hydrogen) atoms. The summed E-state index contributed by atoms with van der Waals surface area (Å²) in [6.07, 6.45) is 0.894. The van der Waals surface area contributed by atoms with Crippen molar-refractivity contribution in [3.63, 3.8) is 0 Å². The molecule has 0 spiro atoms. The minimum Gasteiger partial charge on any atom is -0.362 e. The van der Waals surface area contributed by atoms with E-state index in [1.165, 1.54) is 0 Å². The van der Waals surface area contributed by atoms with Crippen LogP contribution in [-0.4, -0.2) is 20.7 Å². The number of rotatable bonds is 5. The van der Waals surface area contributed by atoms with Crippen LogP contribution in [0.5, 0.6) is 0 Å². The lowest BCUT2D eigenvalue weighted by atomic mass is 10.3. The third-order valence-corrected chi connectivity index (χ3v) is 2.14. The van der Waals surface area contributed by atoms with Crippen molar-refractivity contribution >= 4 is 11.5 Å². The van der Waals surface area contributed by atoms with Gasteiger partial charge in [-0.05, 0) is 27.2 Å². The maximum atomic E-state index is 11.0. The number of hydrogen-bond donors (Lipinski definition) is 1. The van der Waals surface area contributed by atoms with Gasteiger partial charge < -0.3 is 5.32 Å². The molecular weight excluding hydrogens is 208 g/mol.